The molecule has 4 aliphatic rings. The fourth-order valence-electron chi connectivity index (χ4n) is 9.25. The van der Waals surface area contributed by atoms with E-state index in [9.17, 15) is 23.6 Å². The molecule has 5 aromatic rings. The van der Waals surface area contributed by atoms with E-state index in [2.05, 4.69) is 10.3 Å². The van der Waals surface area contributed by atoms with Crippen molar-refractivity contribution in [1.82, 2.24) is 28.9 Å². The van der Waals surface area contributed by atoms with Gasteiger partial charge in [0.15, 0.2) is 0 Å². The highest BCUT2D eigenvalue weighted by molar-refractivity contribution is 6.01. The second-order valence-electron chi connectivity index (χ2n) is 16.0. The minimum Gasteiger partial charge on any atom is -0.496 e. The molecule has 0 bridgehead atoms. The molecule has 9 rings (SSSR count). The van der Waals surface area contributed by atoms with E-state index in [4.69, 9.17) is 9.47 Å². The van der Waals surface area contributed by atoms with Crippen molar-refractivity contribution < 1.29 is 32.2 Å². The number of anilines is 2. The molecule has 304 valence electrons. The SMILES string of the molecule is COc1cc(-c2cn(C)c(=O)c3cnc(N4CC(F)C4)cc23)cc(OC)c1CN1CCC2(CN(c3cccc4c3n(C)c(=O)n4C3CCC(=O)NC3=O)C2)C(F)(F)C1. The highest BCUT2D eigenvalue weighted by Gasteiger charge is 2.62. The third-order valence-electron chi connectivity index (χ3n) is 12.6. The number of carbonyl (C=O) groups is 2. The Kier molecular flexibility index (Phi) is 8.87. The summed E-state index contributed by atoms with van der Waals surface area (Å²) in [5.41, 5.74) is 1.74. The molecule has 2 aromatic carbocycles. The Balaban J connectivity index is 0.960. The van der Waals surface area contributed by atoms with Crippen LogP contribution in [-0.2, 0) is 30.2 Å². The maximum atomic E-state index is 16.4. The number of aryl methyl sites for hydroxylation is 2. The van der Waals surface area contributed by atoms with Crippen molar-refractivity contribution in [2.75, 3.05) is 63.3 Å². The number of carbonyl (C=O) groups excluding carboxylic acids is 2. The molecule has 17 heteroatoms. The lowest BCUT2D eigenvalue weighted by Crippen LogP contribution is -2.70. The van der Waals surface area contributed by atoms with E-state index in [0.717, 1.165) is 0 Å². The molecule has 14 nitrogen and oxygen atoms in total. The third kappa shape index (κ3) is 5.83. The summed E-state index contributed by atoms with van der Waals surface area (Å²) in [5.74, 6) is -2.53. The molecule has 0 aliphatic carbocycles. The van der Waals surface area contributed by atoms with Gasteiger partial charge in [-0.3, -0.25) is 33.7 Å². The number of likely N-dealkylation sites (tertiary alicyclic amines) is 1. The predicted molar refractivity (Wildman–Crippen MR) is 211 cm³/mol. The number of amides is 2. The molecule has 4 fully saturated rings. The van der Waals surface area contributed by atoms with Gasteiger partial charge < -0.3 is 23.8 Å². The number of fused-ring (bicyclic) bond motifs is 2. The van der Waals surface area contributed by atoms with E-state index in [1.807, 2.05) is 21.9 Å². The normalized spacial score (nSPS) is 20.7. The van der Waals surface area contributed by atoms with Crippen molar-refractivity contribution in [1.29, 1.82) is 0 Å². The third-order valence-corrected chi connectivity index (χ3v) is 12.6. The Hall–Kier alpha value is -5.84. The molecule has 58 heavy (non-hydrogen) atoms. The zero-order valence-electron chi connectivity index (χ0n) is 32.6. The zero-order valence-corrected chi connectivity index (χ0v) is 32.6. The van der Waals surface area contributed by atoms with Gasteiger partial charge in [0.1, 0.15) is 29.5 Å². The average molecular weight is 801 g/mol. The number of benzene rings is 2. The lowest BCUT2D eigenvalue weighted by atomic mass is 9.69. The second kappa shape index (κ2) is 13.6. The number of methoxy groups -OCH3 is 2. The molecular formula is C41H43F3N8O6. The monoisotopic (exact) mass is 800 g/mol. The summed E-state index contributed by atoms with van der Waals surface area (Å²) in [6.45, 7) is 0.673. The minimum absolute atomic E-state index is 0.0863. The molecule has 2 amide bonds. The molecular weight excluding hydrogens is 757 g/mol. The van der Waals surface area contributed by atoms with Crippen molar-refractivity contribution in [3.63, 3.8) is 0 Å². The molecule has 1 unspecified atom stereocenters. The van der Waals surface area contributed by atoms with Gasteiger partial charge in [0, 0.05) is 63.5 Å². The highest BCUT2D eigenvalue weighted by atomic mass is 19.3. The number of rotatable bonds is 8. The average Bonchev–Trinajstić information content (AvgIpc) is 3.42. The summed E-state index contributed by atoms with van der Waals surface area (Å²) < 4.78 is 62.5. The summed E-state index contributed by atoms with van der Waals surface area (Å²) >= 11 is 0. The van der Waals surface area contributed by atoms with Gasteiger partial charge in [-0.15, -0.1) is 0 Å². The number of nitrogens with zero attached hydrogens (tertiary/aromatic N) is 7. The van der Waals surface area contributed by atoms with Crippen LogP contribution in [0.25, 0.3) is 32.9 Å². The van der Waals surface area contributed by atoms with Crippen LogP contribution < -0.4 is 35.8 Å². The number of hydrogen-bond acceptors (Lipinski definition) is 10. The molecule has 0 saturated carbocycles. The topological polar surface area (TPSA) is 136 Å². The number of imidazole rings is 1. The molecule has 4 saturated heterocycles. The molecule has 3 aromatic heterocycles. The van der Waals surface area contributed by atoms with Gasteiger partial charge in [0.05, 0.1) is 66.9 Å². The molecule has 7 heterocycles. The number of para-hydroxylation sites is 1. The van der Waals surface area contributed by atoms with Crippen molar-refractivity contribution in [3.8, 4) is 22.6 Å². The van der Waals surface area contributed by atoms with Crippen LogP contribution in [0.4, 0.5) is 24.7 Å². The summed E-state index contributed by atoms with van der Waals surface area (Å²) in [6, 6.07) is 9.85. The maximum Gasteiger partial charge on any atom is 0.329 e. The Morgan fingerprint density at radius 1 is 0.948 bits per heavy atom. The van der Waals surface area contributed by atoms with Crippen LogP contribution >= 0.6 is 0 Å². The first-order valence-electron chi connectivity index (χ1n) is 19.2. The van der Waals surface area contributed by atoms with Gasteiger partial charge in [0.2, 0.25) is 11.8 Å². The van der Waals surface area contributed by atoms with E-state index >= 15 is 8.78 Å². The Morgan fingerprint density at radius 2 is 1.67 bits per heavy atom. The number of aromatic nitrogens is 4. The number of alkyl halides is 3. The van der Waals surface area contributed by atoms with E-state index in [-0.39, 0.29) is 63.5 Å². The number of piperidine rings is 2. The zero-order chi connectivity index (χ0) is 40.8. The van der Waals surface area contributed by atoms with Crippen molar-refractivity contribution in [2.24, 2.45) is 19.5 Å². The van der Waals surface area contributed by atoms with E-state index in [1.54, 1.807) is 49.5 Å². The first-order valence-corrected chi connectivity index (χ1v) is 19.2. The fourth-order valence-corrected chi connectivity index (χ4v) is 9.25. The number of halogens is 3. The Labute approximate surface area is 330 Å². The summed E-state index contributed by atoms with van der Waals surface area (Å²) in [4.78, 5) is 60.9. The van der Waals surface area contributed by atoms with Crippen LogP contribution in [-0.4, -0.2) is 101 Å². The lowest BCUT2D eigenvalue weighted by Gasteiger charge is -2.58. The molecule has 0 radical (unpaired) electrons. The Morgan fingerprint density at radius 3 is 2.33 bits per heavy atom. The van der Waals surface area contributed by atoms with E-state index in [0.29, 0.717) is 68.0 Å². The van der Waals surface area contributed by atoms with Gasteiger partial charge in [-0.25, -0.2) is 22.9 Å². The number of hydrogen-bond donors (Lipinski definition) is 1. The van der Waals surface area contributed by atoms with Crippen molar-refractivity contribution in [2.45, 2.75) is 43.9 Å². The molecule has 4 aliphatic heterocycles. The quantitative estimate of drug-likeness (QED) is 0.231. The van der Waals surface area contributed by atoms with Gasteiger partial charge in [0.25, 0.3) is 11.5 Å². The van der Waals surface area contributed by atoms with Gasteiger partial charge in [-0.1, -0.05) is 6.07 Å². The number of imide groups is 1. The van der Waals surface area contributed by atoms with E-state index in [1.165, 1.54) is 34.1 Å². The molecule has 1 spiro atoms. The standard InChI is InChI=1S/C41H43F3N8O6/c1-47-18-27(25-14-34(50-16-24(42)17-50)45-15-26(25)38(47)55)23-12-32(57-3)28(33(13-23)58-4)19-49-11-10-40(41(43,44)22-49)20-51(21-40)29-6-5-7-30-36(29)48(2)39(56)52(30)31-8-9-35(53)46-37(31)54/h5-7,12-15,18,24,31H,8-11,16-17,19-22H2,1-4H3,(H,46,53,54). The fraction of sp³-hybridized carbons (Fsp3) is 0.439. The van der Waals surface area contributed by atoms with Crippen LogP contribution in [0.3, 0.4) is 0 Å². The van der Waals surface area contributed by atoms with Gasteiger partial charge in [-0.2, -0.15) is 0 Å². The first-order chi connectivity index (χ1) is 27.7. The number of nitrogens with one attached hydrogen (secondary N) is 1. The van der Waals surface area contributed by atoms with Crippen LogP contribution in [0.15, 0.2) is 58.4 Å². The van der Waals surface area contributed by atoms with Gasteiger partial charge in [-0.05, 0) is 55.3 Å². The summed E-state index contributed by atoms with van der Waals surface area (Å²) in [7, 11) is 6.28. The first kappa shape index (κ1) is 37.7. The van der Waals surface area contributed by atoms with Crippen LogP contribution in [0.2, 0.25) is 0 Å². The van der Waals surface area contributed by atoms with Crippen molar-refractivity contribution in [3.05, 3.63) is 75.2 Å². The summed E-state index contributed by atoms with van der Waals surface area (Å²) in [6.07, 6.45) is 2.84. The highest BCUT2D eigenvalue weighted by Crippen LogP contribution is 2.52. The minimum atomic E-state index is -3.06. The van der Waals surface area contributed by atoms with Crippen LogP contribution in [0.1, 0.15) is 30.9 Å². The Bertz CT molecular complexity index is 2620. The molecule has 1 N–H and O–H groups in total. The van der Waals surface area contributed by atoms with E-state index < -0.39 is 41.7 Å². The number of ether oxygens (including phenoxy) is 2. The van der Waals surface area contributed by atoms with Crippen LogP contribution in [0, 0.1) is 5.41 Å². The summed E-state index contributed by atoms with van der Waals surface area (Å²) in [5, 5.41) is 3.34. The predicted octanol–water partition coefficient (Wildman–Crippen LogP) is 3.75. The smallest absolute Gasteiger partial charge is 0.329 e. The largest absolute Gasteiger partial charge is 0.496 e. The second-order valence-corrected chi connectivity index (χ2v) is 16.0. The van der Waals surface area contributed by atoms with Gasteiger partial charge >= 0.3 is 5.69 Å². The maximum absolute atomic E-state index is 16.4. The number of pyridine rings is 2. The van der Waals surface area contributed by atoms with Crippen molar-refractivity contribution >= 4 is 45.1 Å². The van der Waals surface area contributed by atoms with Crippen LogP contribution in [0.5, 0.6) is 11.5 Å². The lowest BCUT2D eigenvalue weighted by molar-refractivity contribution is -0.181. The molecule has 1 atom stereocenters.